The van der Waals surface area contributed by atoms with E-state index in [0.717, 1.165) is 38.4 Å². The topological polar surface area (TPSA) is 58.4 Å². The third-order valence-corrected chi connectivity index (χ3v) is 4.15. The number of nitrogens with two attached hydrogens (primary N) is 1. The van der Waals surface area contributed by atoms with Crippen molar-refractivity contribution in [1.82, 2.24) is 10.2 Å². The van der Waals surface area contributed by atoms with Crippen LogP contribution in [0.5, 0.6) is 0 Å². The van der Waals surface area contributed by atoms with Crippen molar-refractivity contribution in [2.24, 2.45) is 11.7 Å². The zero-order valence-corrected chi connectivity index (χ0v) is 12.1. The van der Waals surface area contributed by atoms with Gasteiger partial charge in [0.15, 0.2) is 0 Å². The number of carbonyl (C=O) groups excluding carboxylic acids is 1. The highest BCUT2D eigenvalue weighted by atomic mass is 16.2. The van der Waals surface area contributed by atoms with Gasteiger partial charge in [0.2, 0.25) is 5.91 Å². The van der Waals surface area contributed by atoms with E-state index in [9.17, 15) is 4.79 Å². The lowest BCUT2D eigenvalue weighted by molar-refractivity contribution is -0.127. The first-order chi connectivity index (χ1) is 8.58. The first-order valence-electron chi connectivity index (χ1n) is 7.33. The normalized spacial score (nSPS) is 21.6. The fraction of sp³-hybridized carbons (Fsp3) is 0.929. The second-order valence-electron chi connectivity index (χ2n) is 5.55. The molecule has 18 heavy (non-hydrogen) atoms. The average Bonchev–Trinajstić information content (AvgIpc) is 2.39. The van der Waals surface area contributed by atoms with E-state index in [-0.39, 0.29) is 18.0 Å². The quantitative estimate of drug-likeness (QED) is 0.753. The summed E-state index contributed by atoms with van der Waals surface area (Å²) in [5, 5.41) is 3.06. The Hall–Kier alpha value is -0.610. The number of likely N-dealkylation sites (tertiary alicyclic amines) is 1. The molecule has 0 bridgehead atoms. The molecular formula is C14H29N3O. The maximum Gasteiger partial charge on any atom is 0.237 e. The summed E-state index contributed by atoms with van der Waals surface area (Å²) in [7, 11) is 0. The summed E-state index contributed by atoms with van der Waals surface area (Å²) in [5.74, 6) is 0.928. The van der Waals surface area contributed by atoms with Gasteiger partial charge in [-0.05, 0) is 65.1 Å². The van der Waals surface area contributed by atoms with Crippen LogP contribution in [0.1, 0.15) is 46.5 Å². The fourth-order valence-corrected chi connectivity index (χ4v) is 2.50. The van der Waals surface area contributed by atoms with Gasteiger partial charge in [0.1, 0.15) is 0 Å². The van der Waals surface area contributed by atoms with Gasteiger partial charge in [-0.3, -0.25) is 9.69 Å². The molecule has 1 rings (SSSR count). The highest BCUT2D eigenvalue weighted by molar-refractivity contribution is 5.81. The number of carbonyl (C=O) groups is 1. The Bertz CT molecular complexity index is 249. The minimum Gasteiger partial charge on any atom is -0.352 e. The van der Waals surface area contributed by atoms with Gasteiger partial charge in [0.05, 0.1) is 6.04 Å². The summed E-state index contributed by atoms with van der Waals surface area (Å²) in [6.45, 7) is 9.00. The van der Waals surface area contributed by atoms with Gasteiger partial charge in [0, 0.05) is 6.04 Å². The molecule has 2 unspecified atom stereocenters. The van der Waals surface area contributed by atoms with E-state index in [1.807, 2.05) is 6.92 Å². The van der Waals surface area contributed by atoms with Gasteiger partial charge in [-0.25, -0.2) is 0 Å². The summed E-state index contributed by atoms with van der Waals surface area (Å²) in [4.78, 5) is 14.3. The monoisotopic (exact) mass is 255 g/mol. The van der Waals surface area contributed by atoms with E-state index in [0.29, 0.717) is 0 Å². The smallest absolute Gasteiger partial charge is 0.237 e. The summed E-state index contributed by atoms with van der Waals surface area (Å²) >= 11 is 0. The second kappa shape index (κ2) is 7.74. The highest BCUT2D eigenvalue weighted by Gasteiger charge is 2.26. The minimum atomic E-state index is -0.00201. The zero-order valence-electron chi connectivity index (χ0n) is 12.1. The van der Waals surface area contributed by atoms with E-state index >= 15 is 0 Å². The standard InChI is InChI=1S/C14H29N3O/c1-4-11(2)16-14(18)12(3)17-9-6-13(5-8-15)7-10-17/h11-13H,4-10,15H2,1-3H3,(H,16,18). The van der Waals surface area contributed by atoms with Crippen LogP contribution in [-0.4, -0.2) is 42.5 Å². The molecule has 0 aromatic rings. The molecule has 1 heterocycles. The Labute approximate surface area is 111 Å². The first-order valence-corrected chi connectivity index (χ1v) is 7.33. The molecule has 106 valence electrons. The Morgan fingerprint density at radius 2 is 2.00 bits per heavy atom. The number of hydrogen-bond acceptors (Lipinski definition) is 3. The van der Waals surface area contributed by atoms with Crippen LogP contribution in [-0.2, 0) is 4.79 Å². The molecule has 0 aromatic heterocycles. The molecule has 1 amide bonds. The van der Waals surface area contributed by atoms with Crippen molar-refractivity contribution in [2.45, 2.75) is 58.5 Å². The van der Waals surface area contributed by atoms with Crippen LogP contribution in [0.2, 0.25) is 0 Å². The number of nitrogens with zero attached hydrogens (tertiary/aromatic N) is 1. The highest BCUT2D eigenvalue weighted by Crippen LogP contribution is 2.21. The molecule has 0 radical (unpaired) electrons. The Balaban J connectivity index is 2.35. The number of piperidine rings is 1. The van der Waals surface area contributed by atoms with Crippen LogP contribution in [0.25, 0.3) is 0 Å². The molecule has 1 aliphatic heterocycles. The maximum atomic E-state index is 12.0. The van der Waals surface area contributed by atoms with Crippen molar-refractivity contribution in [3.8, 4) is 0 Å². The SMILES string of the molecule is CCC(C)NC(=O)C(C)N1CCC(CCN)CC1. The Morgan fingerprint density at radius 1 is 1.39 bits per heavy atom. The van der Waals surface area contributed by atoms with Crippen molar-refractivity contribution in [3.05, 3.63) is 0 Å². The number of rotatable bonds is 6. The molecule has 1 fully saturated rings. The first kappa shape index (κ1) is 15.4. The van der Waals surface area contributed by atoms with Crippen molar-refractivity contribution < 1.29 is 4.79 Å². The summed E-state index contributed by atoms with van der Waals surface area (Å²) in [5.41, 5.74) is 5.59. The predicted octanol–water partition coefficient (Wildman–Crippen LogP) is 1.35. The third kappa shape index (κ3) is 4.58. The second-order valence-corrected chi connectivity index (χ2v) is 5.55. The number of nitrogens with one attached hydrogen (secondary N) is 1. The molecule has 1 aliphatic rings. The van der Waals surface area contributed by atoms with Crippen LogP contribution in [0, 0.1) is 5.92 Å². The maximum absolute atomic E-state index is 12.0. The molecule has 4 nitrogen and oxygen atoms in total. The average molecular weight is 255 g/mol. The van der Waals surface area contributed by atoms with E-state index in [4.69, 9.17) is 5.73 Å². The summed E-state index contributed by atoms with van der Waals surface area (Å²) in [6, 6.07) is 0.271. The van der Waals surface area contributed by atoms with Gasteiger partial charge < -0.3 is 11.1 Å². The minimum absolute atomic E-state index is 0.00201. The molecule has 2 atom stereocenters. The molecule has 0 aliphatic carbocycles. The molecular weight excluding hydrogens is 226 g/mol. The molecule has 0 saturated carbocycles. The largest absolute Gasteiger partial charge is 0.352 e. The van der Waals surface area contributed by atoms with Crippen molar-refractivity contribution in [1.29, 1.82) is 0 Å². The summed E-state index contributed by atoms with van der Waals surface area (Å²) in [6.07, 6.45) is 4.47. The predicted molar refractivity (Wildman–Crippen MR) is 75.3 cm³/mol. The molecule has 0 spiro atoms. The van der Waals surface area contributed by atoms with Crippen LogP contribution < -0.4 is 11.1 Å². The van der Waals surface area contributed by atoms with E-state index in [1.54, 1.807) is 0 Å². The van der Waals surface area contributed by atoms with Gasteiger partial charge in [0.25, 0.3) is 0 Å². The molecule has 1 saturated heterocycles. The van der Waals surface area contributed by atoms with Crippen molar-refractivity contribution in [3.63, 3.8) is 0 Å². The molecule has 3 N–H and O–H groups in total. The third-order valence-electron chi connectivity index (χ3n) is 4.15. The van der Waals surface area contributed by atoms with Crippen LogP contribution in [0.4, 0.5) is 0 Å². The molecule has 4 heteroatoms. The van der Waals surface area contributed by atoms with Crippen LogP contribution in [0.15, 0.2) is 0 Å². The van der Waals surface area contributed by atoms with Crippen molar-refractivity contribution >= 4 is 5.91 Å². The van der Waals surface area contributed by atoms with E-state index in [1.165, 1.54) is 12.8 Å². The fourth-order valence-electron chi connectivity index (χ4n) is 2.50. The van der Waals surface area contributed by atoms with Gasteiger partial charge >= 0.3 is 0 Å². The lowest BCUT2D eigenvalue weighted by atomic mass is 9.93. The lowest BCUT2D eigenvalue weighted by Crippen LogP contribution is -2.50. The van der Waals surface area contributed by atoms with E-state index < -0.39 is 0 Å². The Kier molecular flexibility index (Phi) is 6.65. The van der Waals surface area contributed by atoms with Gasteiger partial charge in [-0.2, -0.15) is 0 Å². The number of amides is 1. The van der Waals surface area contributed by atoms with Crippen LogP contribution >= 0.6 is 0 Å². The lowest BCUT2D eigenvalue weighted by Gasteiger charge is -2.35. The van der Waals surface area contributed by atoms with Crippen molar-refractivity contribution in [2.75, 3.05) is 19.6 Å². The van der Waals surface area contributed by atoms with Crippen LogP contribution in [0.3, 0.4) is 0 Å². The molecule has 0 aromatic carbocycles. The Morgan fingerprint density at radius 3 is 2.50 bits per heavy atom. The zero-order chi connectivity index (χ0) is 13.5. The number of hydrogen-bond donors (Lipinski definition) is 2. The van der Waals surface area contributed by atoms with Gasteiger partial charge in [-0.15, -0.1) is 0 Å². The summed E-state index contributed by atoms with van der Waals surface area (Å²) < 4.78 is 0. The van der Waals surface area contributed by atoms with E-state index in [2.05, 4.69) is 24.1 Å². The van der Waals surface area contributed by atoms with Gasteiger partial charge in [-0.1, -0.05) is 6.92 Å².